The maximum Gasteiger partial charge on any atom is 0.292 e. The van der Waals surface area contributed by atoms with E-state index in [1.807, 2.05) is 31.2 Å². The van der Waals surface area contributed by atoms with Gasteiger partial charge in [0.05, 0.1) is 38.3 Å². The van der Waals surface area contributed by atoms with Crippen molar-refractivity contribution in [2.75, 3.05) is 36.0 Å². The Hall–Kier alpha value is -2.73. The minimum absolute atomic E-state index is 0.103. The zero-order valence-corrected chi connectivity index (χ0v) is 15.3. The highest BCUT2D eigenvalue weighted by Crippen LogP contribution is 2.22. The summed E-state index contributed by atoms with van der Waals surface area (Å²) in [6.45, 7) is 5.10. The fourth-order valence-corrected chi connectivity index (χ4v) is 3.97. The average molecular weight is 368 g/mol. The Balaban J connectivity index is 1.43. The van der Waals surface area contributed by atoms with E-state index in [0.29, 0.717) is 5.69 Å². The van der Waals surface area contributed by atoms with E-state index < -0.39 is 0 Å². The summed E-state index contributed by atoms with van der Waals surface area (Å²) in [7, 11) is 0. The van der Waals surface area contributed by atoms with Gasteiger partial charge < -0.3 is 9.80 Å². The van der Waals surface area contributed by atoms with E-state index in [1.54, 1.807) is 12.1 Å². The zero-order valence-electron chi connectivity index (χ0n) is 15.3. The Kier molecular flexibility index (Phi) is 4.66. The molecular formula is C21H23FN3O2+. The van der Waals surface area contributed by atoms with Crippen LogP contribution < -0.4 is 14.7 Å². The van der Waals surface area contributed by atoms with Crippen LogP contribution in [0.25, 0.3) is 0 Å². The van der Waals surface area contributed by atoms with Crippen LogP contribution in [0.2, 0.25) is 0 Å². The number of piperazine rings is 1. The molecule has 1 N–H and O–H groups in total. The highest BCUT2D eigenvalue weighted by Gasteiger charge is 2.46. The molecule has 2 aromatic carbocycles. The molecule has 0 aromatic heterocycles. The van der Waals surface area contributed by atoms with E-state index in [4.69, 9.17) is 0 Å². The zero-order chi connectivity index (χ0) is 19.0. The van der Waals surface area contributed by atoms with E-state index in [9.17, 15) is 14.0 Å². The second-order valence-corrected chi connectivity index (χ2v) is 7.28. The number of hydrogen-bond donors (Lipinski definition) is 1. The van der Waals surface area contributed by atoms with Crippen LogP contribution >= 0.6 is 0 Å². The van der Waals surface area contributed by atoms with E-state index >= 15 is 0 Å². The SMILES string of the molecule is Cc1ccc(N2C(=O)C[C@H]([NH+]3CCN(c4ccc(F)cc4)CC3)C2=O)cc1. The van der Waals surface area contributed by atoms with Crippen molar-refractivity contribution >= 4 is 23.2 Å². The molecule has 2 aromatic rings. The van der Waals surface area contributed by atoms with Gasteiger partial charge in [0.2, 0.25) is 5.91 Å². The van der Waals surface area contributed by atoms with Gasteiger partial charge >= 0.3 is 0 Å². The Labute approximate surface area is 158 Å². The van der Waals surface area contributed by atoms with Crippen molar-refractivity contribution in [2.24, 2.45) is 0 Å². The Morgan fingerprint density at radius 1 is 0.926 bits per heavy atom. The summed E-state index contributed by atoms with van der Waals surface area (Å²) in [6, 6.07) is 13.7. The molecule has 0 saturated carbocycles. The minimum atomic E-state index is -0.311. The van der Waals surface area contributed by atoms with Gasteiger partial charge in [-0.05, 0) is 43.3 Å². The lowest BCUT2D eigenvalue weighted by Crippen LogP contribution is -3.19. The summed E-state index contributed by atoms with van der Waals surface area (Å²) in [6.07, 6.45) is 0.262. The predicted molar refractivity (Wildman–Crippen MR) is 101 cm³/mol. The number of amides is 2. The normalized spacial score (nSPS) is 21.2. The van der Waals surface area contributed by atoms with Crippen LogP contribution in [-0.2, 0) is 9.59 Å². The maximum absolute atomic E-state index is 13.1. The molecule has 2 aliphatic heterocycles. The third kappa shape index (κ3) is 3.45. The van der Waals surface area contributed by atoms with E-state index in [2.05, 4.69) is 4.90 Å². The lowest BCUT2D eigenvalue weighted by molar-refractivity contribution is -0.915. The first-order valence-electron chi connectivity index (χ1n) is 9.31. The van der Waals surface area contributed by atoms with Gasteiger partial charge in [0.25, 0.3) is 5.91 Å². The number of carbonyl (C=O) groups is 2. The predicted octanol–water partition coefficient (Wildman–Crippen LogP) is 1.17. The van der Waals surface area contributed by atoms with Crippen molar-refractivity contribution < 1.29 is 18.9 Å². The molecule has 1 atom stereocenters. The first-order valence-corrected chi connectivity index (χ1v) is 9.31. The maximum atomic E-state index is 13.1. The van der Waals surface area contributed by atoms with E-state index in [1.165, 1.54) is 17.0 Å². The standard InChI is InChI=1S/C21H22FN3O2/c1-15-2-6-18(7-3-15)25-20(26)14-19(21(25)27)24-12-10-23(11-13-24)17-8-4-16(22)5-9-17/h2-9,19H,10-14H2,1H3/p+1/t19-/m0/s1. The smallest absolute Gasteiger partial charge is 0.292 e. The van der Waals surface area contributed by atoms with Crippen LogP contribution in [-0.4, -0.2) is 44.0 Å². The van der Waals surface area contributed by atoms with Gasteiger partial charge in [0.1, 0.15) is 5.82 Å². The van der Waals surface area contributed by atoms with Crippen molar-refractivity contribution in [3.05, 3.63) is 59.9 Å². The van der Waals surface area contributed by atoms with Crippen LogP contribution in [0.4, 0.5) is 15.8 Å². The number of quaternary nitrogens is 1. The number of nitrogens with zero attached hydrogens (tertiary/aromatic N) is 2. The van der Waals surface area contributed by atoms with Crippen LogP contribution in [0.1, 0.15) is 12.0 Å². The second-order valence-electron chi connectivity index (χ2n) is 7.28. The van der Waals surface area contributed by atoms with E-state index in [-0.39, 0.29) is 30.1 Å². The van der Waals surface area contributed by atoms with Gasteiger partial charge in [-0.25, -0.2) is 9.29 Å². The van der Waals surface area contributed by atoms with Crippen molar-refractivity contribution in [3.8, 4) is 0 Å². The first-order chi connectivity index (χ1) is 13.0. The monoisotopic (exact) mass is 368 g/mol. The van der Waals surface area contributed by atoms with Gasteiger partial charge in [0.15, 0.2) is 6.04 Å². The Bertz CT molecular complexity index is 843. The van der Waals surface area contributed by atoms with Gasteiger partial charge in [-0.2, -0.15) is 0 Å². The summed E-state index contributed by atoms with van der Waals surface area (Å²) in [5, 5.41) is 0. The molecule has 27 heavy (non-hydrogen) atoms. The first kappa shape index (κ1) is 17.7. The molecule has 4 rings (SSSR count). The van der Waals surface area contributed by atoms with Crippen molar-refractivity contribution in [3.63, 3.8) is 0 Å². The van der Waals surface area contributed by atoms with Crippen molar-refractivity contribution in [1.82, 2.24) is 0 Å². The summed E-state index contributed by atoms with van der Waals surface area (Å²) in [5.74, 6) is -0.467. The van der Waals surface area contributed by atoms with Crippen molar-refractivity contribution in [1.29, 1.82) is 0 Å². The van der Waals surface area contributed by atoms with Crippen LogP contribution in [0.3, 0.4) is 0 Å². The van der Waals surface area contributed by atoms with Crippen LogP contribution in [0, 0.1) is 12.7 Å². The molecule has 2 saturated heterocycles. The molecule has 140 valence electrons. The quantitative estimate of drug-likeness (QED) is 0.828. The third-order valence-electron chi connectivity index (χ3n) is 5.53. The lowest BCUT2D eigenvalue weighted by Gasteiger charge is -2.35. The molecule has 0 unspecified atom stereocenters. The van der Waals surface area contributed by atoms with Gasteiger partial charge in [-0.3, -0.25) is 9.59 Å². The molecular weight excluding hydrogens is 345 g/mol. The Morgan fingerprint density at radius 3 is 2.15 bits per heavy atom. The summed E-state index contributed by atoms with van der Waals surface area (Å²) in [5.41, 5.74) is 2.74. The van der Waals surface area contributed by atoms with E-state index in [0.717, 1.165) is 42.3 Å². The summed E-state index contributed by atoms with van der Waals surface area (Å²) in [4.78, 5) is 30.1. The molecule has 5 nitrogen and oxygen atoms in total. The molecule has 0 spiro atoms. The summed E-state index contributed by atoms with van der Waals surface area (Å²) < 4.78 is 13.1. The number of anilines is 2. The average Bonchev–Trinajstić information content (AvgIpc) is 2.98. The number of halogens is 1. The highest BCUT2D eigenvalue weighted by atomic mass is 19.1. The molecule has 0 aliphatic carbocycles. The number of carbonyl (C=O) groups excluding carboxylic acids is 2. The number of imide groups is 1. The molecule has 2 heterocycles. The number of aryl methyl sites for hydroxylation is 1. The van der Waals surface area contributed by atoms with Crippen molar-refractivity contribution in [2.45, 2.75) is 19.4 Å². The minimum Gasteiger partial charge on any atom is -0.360 e. The molecule has 2 aliphatic rings. The topological polar surface area (TPSA) is 45.1 Å². The molecule has 2 amide bonds. The number of rotatable bonds is 3. The number of nitrogens with one attached hydrogen (secondary N) is 1. The molecule has 0 radical (unpaired) electrons. The lowest BCUT2D eigenvalue weighted by atomic mass is 10.1. The van der Waals surface area contributed by atoms with Gasteiger partial charge in [-0.15, -0.1) is 0 Å². The van der Waals surface area contributed by atoms with Gasteiger partial charge in [0, 0.05) is 5.69 Å². The largest absolute Gasteiger partial charge is 0.360 e. The third-order valence-corrected chi connectivity index (χ3v) is 5.53. The van der Waals surface area contributed by atoms with Crippen LogP contribution in [0.5, 0.6) is 0 Å². The number of hydrogen-bond acceptors (Lipinski definition) is 3. The fraction of sp³-hybridized carbons (Fsp3) is 0.333. The summed E-state index contributed by atoms with van der Waals surface area (Å²) >= 11 is 0. The fourth-order valence-electron chi connectivity index (χ4n) is 3.97. The number of benzene rings is 2. The van der Waals surface area contributed by atoms with Gasteiger partial charge in [-0.1, -0.05) is 17.7 Å². The molecule has 0 bridgehead atoms. The van der Waals surface area contributed by atoms with Crippen LogP contribution in [0.15, 0.2) is 48.5 Å². The Morgan fingerprint density at radius 2 is 1.52 bits per heavy atom. The second kappa shape index (κ2) is 7.12. The molecule has 2 fully saturated rings. The molecule has 6 heteroatoms. The highest BCUT2D eigenvalue weighted by molar-refractivity contribution is 6.21.